The minimum Gasteiger partial charge on any atom is -0.444 e. The SMILES string of the molecule is NC(=O)NCc1coc(-c2ccccc2)n1. The molecule has 2 aromatic rings. The summed E-state index contributed by atoms with van der Waals surface area (Å²) >= 11 is 0. The smallest absolute Gasteiger partial charge is 0.312 e. The van der Waals surface area contributed by atoms with Crippen molar-refractivity contribution in [1.82, 2.24) is 10.3 Å². The van der Waals surface area contributed by atoms with E-state index in [9.17, 15) is 4.79 Å². The van der Waals surface area contributed by atoms with E-state index in [1.807, 2.05) is 30.3 Å². The molecule has 1 aromatic heterocycles. The average molecular weight is 217 g/mol. The number of nitrogens with two attached hydrogens (primary N) is 1. The maximum Gasteiger partial charge on any atom is 0.312 e. The van der Waals surface area contributed by atoms with Crippen molar-refractivity contribution >= 4 is 6.03 Å². The molecule has 0 fully saturated rings. The van der Waals surface area contributed by atoms with E-state index in [0.29, 0.717) is 11.6 Å². The van der Waals surface area contributed by atoms with E-state index in [4.69, 9.17) is 10.2 Å². The van der Waals surface area contributed by atoms with Crippen molar-refractivity contribution in [3.63, 3.8) is 0 Å². The molecule has 0 unspecified atom stereocenters. The van der Waals surface area contributed by atoms with Crippen LogP contribution < -0.4 is 11.1 Å². The molecular formula is C11H11N3O2. The van der Waals surface area contributed by atoms with Crippen LogP contribution in [0.2, 0.25) is 0 Å². The molecule has 0 atom stereocenters. The number of rotatable bonds is 3. The summed E-state index contributed by atoms with van der Waals surface area (Å²) in [7, 11) is 0. The van der Waals surface area contributed by atoms with Gasteiger partial charge < -0.3 is 15.5 Å². The number of oxazole rings is 1. The molecule has 0 radical (unpaired) electrons. The van der Waals surface area contributed by atoms with Gasteiger partial charge in [0.15, 0.2) is 0 Å². The Balaban J connectivity index is 2.11. The number of carbonyl (C=O) groups is 1. The van der Waals surface area contributed by atoms with Crippen LogP contribution in [0.5, 0.6) is 0 Å². The molecule has 2 amide bonds. The third kappa shape index (κ3) is 2.38. The lowest BCUT2D eigenvalue weighted by Gasteiger charge is -1.95. The van der Waals surface area contributed by atoms with Gasteiger partial charge in [0.1, 0.15) is 6.26 Å². The summed E-state index contributed by atoms with van der Waals surface area (Å²) in [5.74, 6) is 0.530. The zero-order valence-corrected chi connectivity index (χ0v) is 8.51. The highest BCUT2D eigenvalue weighted by Gasteiger charge is 2.05. The molecule has 0 saturated heterocycles. The standard InChI is InChI=1S/C11H11N3O2/c12-11(15)13-6-9-7-16-10(14-9)8-4-2-1-3-5-8/h1-5,7H,6H2,(H3,12,13,15). The number of amides is 2. The number of primary amides is 1. The normalized spacial score (nSPS) is 10.0. The van der Waals surface area contributed by atoms with Crippen LogP contribution in [-0.4, -0.2) is 11.0 Å². The van der Waals surface area contributed by atoms with Crippen molar-refractivity contribution in [2.45, 2.75) is 6.54 Å². The van der Waals surface area contributed by atoms with E-state index in [1.165, 1.54) is 6.26 Å². The number of urea groups is 1. The molecule has 1 aromatic carbocycles. The van der Waals surface area contributed by atoms with Crippen LogP contribution in [0.25, 0.3) is 11.5 Å². The predicted octanol–water partition coefficient (Wildman–Crippen LogP) is 1.51. The molecule has 16 heavy (non-hydrogen) atoms. The monoisotopic (exact) mass is 217 g/mol. The number of aromatic nitrogens is 1. The minimum atomic E-state index is -0.579. The molecule has 0 aliphatic carbocycles. The maximum atomic E-state index is 10.5. The second-order valence-corrected chi connectivity index (χ2v) is 3.23. The number of nitrogens with zero attached hydrogens (tertiary/aromatic N) is 1. The molecule has 0 bridgehead atoms. The van der Waals surface area contributed by atoms with Gasteiger partial charge >= 0.3 is 6.03 Å². The average Bonchev–Trinajstić information content (AvgIpc) is 2.76. The van der Waals surface area contributed by atoms with Crippen LogP contribution in [0.4, 0.5) is 4.79 Å². The van der Waals surface area contributed by atoms with E-state index in [-0.39, 0.29) is 6.54 Å². The van der Waals surface area contributed by atoms with Crippen molar-refractivity contribution < 1.29 is 9.21 Å². The van der Waals surface area contributed by atoms with E-state index in [1.54, 1.807) is 0 Å². The molecular weight excluding hydrogens is 206 g/mol. The van der Waals surface area contributed by atoms with E-state index >= 15 is 0 Å². The van der Waals surface area contributed by atoms with Gasteiger partial charge in [-0.3, -0.25) is 0 Å². The summed E-state index contributed by atoms with van der Waals surface area (Å²) in [6, 6.07) is 8.95. The number of hydrogen-bond acceptors (Lipinski definition) is 3. The Hall–Kier alpha value is -2.30. The summed E-state index contributed by atoms with van der Waals surface area (Å²) in [5.41, 5.74) is 6.48. The van der Waals surface area contributed by atoms with Crippen molar-refractivity contribution in [1.29, 1.82) is 0 Å². The van der Waals surface area contributed by atoms with E-state index < -0.39 is 6.03 Å². The van der Waals surface area contributed by atoms with Gasteiger partial charge in [-0.1, -0.05) is 18.2 Å². The molecule has 3 N–H and O–H groups in total. The Labute approximate surface area is 92.3 Å². The molecule has 1 heterocycles. The van der Waals surface area contributed by atoms with Gasteiger partial charge in [0.25, 0.3) is 0 Å². The van der Waals surface area contributed by atoms with Crippen LogP contribution in [0.3, 0.4) is 0 Å². The largest absolute Gasteiger partial charge is 0.444 e. The highest BCUT2D eigenvalue weighted by molar-refractivity contribution is 5.71. The maximum absolute atomic E-state index is 10.5. The summed E-state index contributed by atoms with van der Waals surface area (Å²) in [6.07, 6.45) is 1.50. The third-order valence-corrected chi connectivity index (χ3v) is 2.02. The Morgan fingerprint density at radius 3 is 2.81 bits per heavy atom. The lowest BCUT2D eigenvalue weighted by Crippen LogP contribution is -2.28. The van der Waals surface area contributed by atoms with Crippen LogP contribution in [0, 0.1) is 0 Å². The number of nitrogens with one attached hydrogen (secondary N) is 1. The molecule has 0 saturated carbocycles. The van der Waals surface area contributed by atoms with Crippen molar-refractivity contribution in [3.8, 4) is 11.5 Å². The fourth-order valence-corrected chi connectivity index (χ4v) is 1.28. The van der Waals surface area contributed by atoms with Gasteiger partial charge in [-0.25, -0.2) is 9.78 Å². The van der Waals surface area contributed by atoms with Crippen LogP contribution in [-0.2, 0) is 6.54 Å². The first-order valence-electron chi connectivity index (χ1n) is 4.79. The first-order valence-corrected chi connectivity index (χ1v) is 4.79. The molecule has 2 rings (SSSR count). The van der Waals surface area contributed by atoms with Gasteiger partial charge in [0.05, 0.1) is 12.2 Å². The zero-order valence-electron chi connectivity index (χ0n) is 8.51. The lowest BCUT2D eigenvalue weighted by atomic mass is 10.2. The summed E-state index contributed by atoms with van der Waals surface area (Å²) in [4.78, 5) is 14.7. The molecule has 5 heteroatoms. The minimum absolute atomic E-state index is 0.270. The predicted molar refractivity (Wildman–Crippen MR) is 58.4 cm³/mol. The first-order chi connectivity index (χ1) is 7.75. The number of benzene rings is 1. The Bertz CT molecular complexity index is 479. The molecule has 0 aliphatic heterocycles. The summed E-state index contributed by atoms with van der Waals surface area (Å²) in [6.45, 7) is 0.270. The summed E-state index contributed by atoms with van der Waals surface area (Å²) < 4.78 is 5.28. The second kappa shape index (κ2) is 4.48. The topological polar surface area (TPSA) is 81.2 Å². The molecule has 0 aliphatic rings. The first kappa shape index (κ1) is 10.2. The fraction of sp³-hybridized carbons (Fsp3) is 0.0909. The lowest BCUT2D eigenvalue weighted by molar-refractivity contribution is 0.248. The Morgan fingerprint density at radius 2 is 2.12 bits per heavy atom. The molecule has 5 nitrogen and oxygen atoms in total. The van der Waals surface area contributed by atoms with Crippen LogP contribution in [0.1, 0.15) is 5.69 Å². The van der Waals surface area contributed by atoms with Gasteiger partial charge in [-0.2, -0.15) is 0 Å². The Kier molecular flexibility index (Phi) is 2.86. The van der Waals surface area contributed by atoms with E-state index in [2.05, 4.69) is 10.3 Å². The zero-order chi connectivity index (χ0) is 11.4. The van der Waals surface area contributed by atoms with Crippen molar-refractivity contribution in [3.05, 3.63) is 42.3 Å². The second-order valence-electron chi connectivity index (χ2n) is 3.23. The third-order valence-electron chi connectivity index (χ3n) is 2.02. The highest BCUT2D eigenvalue weighted by atomic mass is 16.3. The van der Waals surface area contributed by atoms with Gasteiger partial charge in [0.2, 0.25) is 5.89 Å². The molecule has 82 valence electrons. The summed E-state index contributed by atoms with van der Waals surface area (Å²) in [5, 5.41) is 2.44. The van der Waals surface area contributed by atoms with Crippen LogP contribution >= 0.6 is 0 Å². The molecule has 0 spiro atoms. The van der Waals surface area contributed by atoms with Crippen LogP contribution in [0.15, 0.2) is 41.0 Å². The number of hydrogen-bond donors (Lipinski definition) is 2. The van der Waals surface area contributed by atoms with Gasteiger partial charge in [-0.05, 0) is 12.1 Å². The Morgan fingerprint density at radius 1 is 1.38 bits per heavy atom. The van der Waals surface area contributed by atoms with Gasteiger partial charge in [-0.15, -0.1) is 0 Å². The van der Waals surface area contributed by atoms with E-state index in [0.717, 1.165) is 5.56 Å². The van der Waals surface area contributed by atoms with Gasteiger partial charge in [0, 0.05) is 5.56 Å². The highest BCUT2D eigenvalue weighted by Crippen LogP contribution is 2.17. The number of carbonyl (C=O) groups excluding carboxylic acids is 1. The quantitative estimate of drug-likeness (QED) is 0.817. The van der Waals surface area contributed by atoms with Crippen molar-refractivity contribution in [2.75, 3.05) is 0 Å². The fourth-order valence-electron chi connectivity index (χ4n) is 1.28. The van der Waals surface area contributed by atoms with Crippen molar-refractivity contribution in [2.24, 2.45) is 5.73 Å².